The molecule has 11 heteroatoms. The van der Waals surface area contributed by atoms with Crippen molar-refractivity contribution in [3.8, 4) is 6.07 Å². The van der Waals surface area contributed by atoms with Gasteiger partial charge in [-0.2, -0.15) is 5.26 Å². The first-order valence-corrected chi connectivity index (χ1v) is 28.6. The van der Waals surface area contributed by atoms with Crippen LogP contribution < -0.4 is 16.9 Å². The van der Waals surface area contributed by atoms with Gasteiger partial charge in [-0.25, -0.2) is 4.98 Å². The largest absolute Gasteiger partial charge is 0.496 e. The average molecular weight is 1240 g/mol. The summed E-state index contributed by atoms with van der Waals surface area (Å²) in [6, 6.07) is 26.8. The number of nitrogens with two attached hydrogens (primary N) is 2. The summed E-state index contributed by atoms with van der Waals surface area (Å²) in [5.41, 5.74) is 21.5. The molecular weight excluding hydrogens is 1160 g/mol. The van der Waals surface area contributed by atoms with Gasteiger partial charge in [-0.05, 0) is 149 Å². The van der Waals surface area contributed by atoms with E-state index in [4.69, 9.17) is 31.0 Å². The van der Waals surface area contributed by atoms with Crippen LogP contribution in [-0.2, 0) is 55.4 Å². The monoisotopic (exact) mass is 1230 g/mol. The molecule has 1 fully saturated rings. The molecule has 0 atom stereocenters. The van der Waals surface area contributed by atoms with Crippen molar-refractivity contribution in [1.29, 1.82) is 5.26 Å². The quantitative estimate of drug-likeness (QED) is 0.0786. The molecule has 4 N–H and O–H groups in total. The third-order valence-electron chi connectivity index (χ3n) is 10.8. The summed E-state index contributed by atoms with van der Waals surface area (Å²) < 4.78 is 12.9. The smallest absolute Gasteiger partial charge is 0.399 e. The second-order valence-corrected chi connectivity index (χ2v) is 23.4. The summed E-state index contributed by atoms with van der Waals surface area (Å²) in [6.07, 6.45) is 4.25. The Morgan fingerprint density at radius 1 is 0.619 bits per heavy atom. The fraction of sp³-hybridized carbons (Fsp3) is 0.500. The molecule has 346 valence electrons. The molecule has 0 unspecified atom stereocenters. The van der Waals surface area contributed by atoms with E-state index < -0.39 is 7.12 Å². The zero-order valence-corrected chi connectivity index (χ0v) is 48.1. The molecule has 0 bridgehead atoms. The average Bonchev–Trinajstić information content (AvgIpc) is 3.35. The SMILES string of the molecule is CC(C)(C)Cc1cc(N)c(Br)cc1CC(C)(C)C.CC(C)(C)Cc1cc2nc(N)c3ccccc3c2cc1CC(C)(C)C.CC1(C)OB(c2ccccc2C#N)OC1(C)C.II.[Pd]. The standard InChI is InChI=1S/C23H30N2.C16H26BrN.C13H16BNO2.I2.Pd/c1-22(2,3)13-15-11-19-17-9-7-8-10-18(17)21(24)25-20(19)12-16(15)14-23(4,5)6;1-15(2,3)9-11-7-13(17)14(18)8-12(11)10-16(4,5)6;1-12(2)13(3,4)17-14(16-12)11-8-6-5-7-10(11)9-15;1-2;/h7-12H,13-14H2,1-6H3,(H2,24,25);7-8H,9-10,18H2,1-6H3;5-8H,1-4H3;;. The molecule has 6 rings (SSSR count). The Kier molecular flexibility index (Phi) is 20.8. The van der Waals surface area contributed by atoms with Crippen molar-refractivity contribution in [1.82, 2.24) is 4.98 Å². The van der Waals surface area contributed by atoms with Crippen LogP contribution in [0.5, 0.6) is 0 Å². The summed E-state index contributed by atoms with van der Waals surface area (Å²) in [7, 11) is -0.462. The van der Waals surface area contributed by atoms with Gasteiger partial charge in [-0.1, -0.05) is 126 Å². The number of hydrogen-bond donors (Lipinski definition) is 2. The van der Waals surface area contributed by atoms with Crippen LogP contribution in [0.1, 0.15) is 139 Å². The van der Waals surface area contributed by atoms with Crippen molar-refractivity contribution in [2.24, 2.45) is 21.7 Å². The second kappa shape index (κ2) is 22.8. The topological polar surface area (TPSA) is 107 Å². The maximum absolute atomic E-state index is 9.08. The van der Waals surface area contributed by atoms with Gasteiger partial charge in [0.15, 0.2) is 0 Å². The van der Waals surface area contributed by atoms with Gasteiger partial charge in [0.1, 0.15) is 5.82 Å². The van der Waals surface area contributed by atoms with Crippen molar-refractivity contribution in [2.45, 2.75) is 148 Å². The van der Waals surface area contributed by atoms with E-state index >= 15 is 0 Å². The Balaban J connectivity index is 0.000000324. The zero-order valence-electron chi connectivity index (χ0n) is 40.6. The molecule has 4 aromatic carbocycles. The number of nitriles is 1. The van der Waals surface area contributed by atoms with E-state index in [1.165, 1.54) is 33.0 Å². The number of pyridine rings is 1. The Morgan fingerprint density at radius 3 is 1.48 bits per heavy atom. The summed E-state index contributed by atoms with van der Waals surface area (Å²) in [6.45, 7) is 35.4. The van der Waals surface area contributed by atoms with Gasteiger partial charge < -0.3 is 20.8 Å². The molecule has 1 aliphatic heterocycles. The van der Waals surface area contributed by atoms with Gasteiger partial charge in [0.25, 0.3) is 0 Å². The number of halogens is 3. The maximum atomic E-state index is 9.08. The number of nitrogen functional groups attached to an aromatic ring is 2. The summed E-state index contributed by atoms with van der Waals surface area (Å²) in [5, 5.41) is 12.5. The molecule has 1 saturated heterocycles. The van der Waals surface area contributed by atoms with E-state index in [0.29, 0.717) is 16.8 Å². The first-order chi connectivity index (χ1) is 28.4. The summed E-state index contributed by atoms with van der Waals surface area (Å²) in [5.74, 6) is 0.619. The molecule has 0 aliphatic carbocycles. The van der Waals surface area contributed by atoms with Crippen LogP contribution in [0, 0.1) is 33.0 Å². The van der Waals surface area contributed by atoms with Crippen LogP contribution in [0.15, 0.2) is 77.3 Å². The van der Waals surface area contributed by atoms with Crippen LogP contribution in [0.4, 0.5) is 11.5 Å². The van der Waals surface area contributed by atoms with Gasteiger partial charge in [-0.3, -0.25) is 0 Å². The van der Waals surface area contributed by atoms with Crippen molar-refractivity contribution < 1.29 is 29.7 Å². The molecule has 0 amide bonds. The number of benzene rings is 4. The van der Waals surface area contributed by atoms with Crippen LogP contribution in [0.3, 0.4) is 0 Å². The van der Waals surface area contributed by atoms with Crippen molar-refractivity contribution in [2.75, 3.05) is 11.5 Å². The minimum absolute atomic E-state index is 0. The summed E-state index contributed by atoms with van der Waals surface area (Å²) in [4.78, 5) is 4.71. The minimum Gasteiger partial charge on any atom is -0.399 e. The van der Waals surface area contributed by atoms with E-state index in [1.807, 2.05) is 52.0 Å². The molecule has 2 heterocycles. The molecule has 5 aromatic rings. The number of rotatable bonds is 5. The first kappa shape index (κ1) is 57.4. The van der Waals surface area contributed by atoms with Gasteiger partial charge in [0, 0.05) is 84.0 Å². The maximum Gasteiger partial charge on any atom is 0.496 e. The van der Waals surface area contributed by atoms with Crippen LogP contribution >= 0.6 is 53.2 Å². The molecule has 0 saturated carbocycles. The van der Waals surface area contributed by atoms with E-state index in [-0.39, 0.29) is 47.9 Å². The van der Waals surface area contributed by atoms with E-state index in [1.54, 1.807) is 6.07 Å². The number of fused-ring (bicyclic) bond motifs is 3. The predicted octanol–water partition coefficient (Wildman–Crippen LogP) is 15.0. The van der Waals surface area contributed by atoms with Crippen LogP contribution in [-0.4, -0.2) is 23.3 Å². The Labute approximate surface area is 426 Å². The van der Waals surface area contributed by atoms with Crippen molar-refractivity contribution >= 4 is 98.9 Å². The van der Waals surface area contributed by atoms with E-state index in [2.05, 4.69) is 185 Å². The van der Waals surface area contributed by atoms with Gasteiger partial charge in [0.05, 0.1) is 28.4 Å². The fourth-order valence-corrected chi connectivity index (χ4v) is 7.90. The van der Waals surface area contributed by atoms with E-state index in [0.717, 1.165) is 52.2 Å². The van der Waals surface area contributed by atoms with Gasteiger partial charge >= 0.3 is 7.12 Å². The van der Waals surface area contributed by atoms with Crippen LogP contribution in [0.25, 0.3) is 21.7 Å². The minimum atomic E-state index is -0.462. The summed E-state index contributed by atoms with van der Waals surface area (Å²) >= 11 is 7.78. The third-order valence-corrected chi connectivity index (χ3v) is 11.5. The Hall–Kier alpha value is -1.77. The van der Waals surface area contributed by atoms with Gasteiger partial charge in [-0.15, -0.1) is 0 Å². The van der Waals surface area contributed by atoms with Crippen molar-refractivity contribution in [3.05, 3.63) is 105 Å². The van der Waals surface area contributed by atoms with Crippen LogP contribution in [0.2, 0.25) is 0 Å². The fourth-order valence-electron chi connectivity index (χ4n) is 7.51. The number of aromatic nitrogens is 1. The Morgan fingerprint density at radius 2 is 1.02 bits per heavy atom. The third kappa shape index (κ3) is 17.1. The predicted molar refractivity (Wildman–Crippen MR) is 290 cm³/mol. The first-order valence-electron chi connectivity index (χ1n) is 21.5. The Bertz CT molecular complexity index is 2300. The zero-order chi connectivity index (χ0) is 47.2. The molecule has 63 heavy (non-hydrogen) atoms. The van der Waals surface area contributed by atoms with Gasteiger partial charge in [0.2, 0.25) is 0 Å². The number of hydrogen-bond acceptors (Lipinski definition) is 6. The normalized spacial score (nSPS) is 14.6. The number of nitrogens with zero attached hydrogens (tertiary/aromatic N) is 2. The molecule has 1 aliphatic rings. The van der Waals surface area contributed by atoms with E-state index in [9.17, 15) is 0 Å². The molecule has 1 aromatic heterocycles. The molecular formula is C52H72BBrI2N4O2Pd. The van der Waals surface area contributed by atoms with Crippen molar-refractivity contribution in [3.63, 3.8) is 0 Å². The molecule has 6 nitrogen and oxygen atoms in total. The molecule has 0 radical (unpaired) electrons. The molecule has 0 spiro atoms. The number of anilines is 2. The second-order valence-electron chi connectivity index (χ2n) is 22.6.